The van der Waals surface area contributed by atoms with Crippen LogP contribution in [0.4, 0.5) is 22.0 Å². The summed E-state index contributed by atoms with van der Waals surface area (Å²) >= 11 is 2.85. The van der Waals surface area contributed by atoms with E-state index in [2.05, 4.69) is 20.7 Å². The van der Waals surface area contributed by atoms with Crippen molar-refractivity contribution in [2.45, 2.75) is 12.3 Å². The summed E-state index contributed by atoms with van der Waals surface area (Å²) in [6.07, 6.45) is -3.85. The van der Waals surface area contributed by atoms with Crippen molar-refractivity contribution in [2.75, 3.05) is 6.61 Å². The number of para-hydroxylation sites is 1. The van der Waals surface area contributed by atoms with Crippen LogP contribution in [0.2, 0.25) is 0 Å². The first-order chi connectivity index (χ1) is 7.34. The fourth-order valence-electron chi connectivity index (χ4n) is 0.852. The molecule has 0 aromatic heterocycles. The largest absolute Gasteiger partial charge is 0.483 e. The SMILES string of the molecule is Fc1cccc(Br)c1OCC(F)(F)C(F)F. The second kappa shape index (κ2) is 4.99. The summed E-state index contributed by atoms with van der Waals surface area (Å²) in [5.74, 6) is -5.72. The first kappa shape index (κ1) is 13.2. The van der Waals surface area contributed by atoms with Crippen molar-refractivity contribution < 1.29 is 26.7 Å². The van der Waals surface area contributed by atoms with Gasteiger partial charge in [-0.25, -0.2) is 13.2 Å². The third-order valence-corrected chi connectivity index (χ3v) is 2.27. The molecule has 0 saturated heterocycles. The fourth-order valence-corrected chi connectivity index (χ4v) is 1.31. The highest BCUT2D eigenvalue weighted by Crippen LogP contribution is 2.30. The van der Waals surface area contributed by atoms with E-state index in [1.807, 2.05) is 0 Å². The van der Waals surface area contributed by atoms with Crippen molar-refractivity contribution in [3.05, 3.63) is 28.5 Å². The van der Waals surface area contributed by atoms with Gasteiger partial charge in [0.15, 0.2) is 18.2 Å². The smallest absolute Gasteiger partial charge is 0.340 e. The van der Waals surface area contributed by atoms with Gasteiger partial charge in [-0.05, 0) is 28.1 Å². The van der Waals surface area contributed by atoms with Crippen molar-refractivity contribution in [1.29, 1.82) is 0 Å². The van der Waals surface area contributed by atoms with Gasteiger partial charge in [0.25, 0.3) is 0 Å². The van der Waals surface area contributed by atoms with Gasteiger partial charge >= 0.3 is 12.3 Å². The Kier molecular flexibility index (Phi) is 4.12. The van der Waals surface area contributed by atoms with Crippen LogP contribution in [0.15, 0.2) is 22.7 Å². The molecule has 0 fully saturated rings. The summed E-state index contributed by atoms with van der Waals surface area (Å²) in [4.78, 5) is 0. The minimum atomic E-state index is -4.30. The highest BCUT2D eigenvalue weighted by atomic mass is 79.9. The lowest BCUT2D eigenvalue weighted by atomic mass is 10.3. The van der Waals surface area contributed by atoms with E-state index >= 15 is 0 Å². The molecule has 0 saturated carbocycles. The van der Waals surface area contributed by atoms with Crippen molar-refractivity contribution in [3.8, 4) is 5.75 Å². The zero-order chi connectivity index (χ0) is 12.3. The van der Waals surface area contributed by atoms with E-state index in [0.29, 0.717) is 0 Å². The second-order valence-corrected chi connectivity index (χ2v) is 3.76. The Labute approximate surface area is 96.3 Å². The zero-order valence-corrected chi connectivity index (χ0v) is 9.28. The van der Waals surface area contributed by atoms with E-state index in [4.69, 9.17) is 0 Å². The maximum absolute atomic E-state index is 13.0. The van der Waals surface area contributed by atoms with Gasteiger partial charge in [-0.15, -0.1) is 0 Å². The molecule has 1 aromatic rings. The van der Waals surface area contributed by atoms with Crippen LogP contribution in [0.3, 0.4) is 0 Å². The summed E-state index contributed by atoms with van der Waals surface area (Å²) in [7, 11) is 0. The number of alkyl halides is 4. The van der Waals surface area contributed by atoms with Crippen LogP contribution in [0.1, 0.15) is 0 Å². The molecule has 0 atom stereocenters. The van der Waals surface area contributed by atoms with Gasteiger partial charge in [0.1, 0.15) is 0 Å². The number of hydrogen-bond acceptors (Lipinski definition) is 1. The van der Waals surface area contributed by atoms with Crippen LogP contribution < -0.4 is 4.74 Å². The number of hydrogen-bond donors (Lipinski definition) is 0. The Hall–Kier alpha value is -0.850. The first-order valence-electron chi connectivity index (χ1n) is 4.07. The number of ether oxygens (including phenoxy) is 1. The molecule has 0 unspecified atom stereocenters. The molecule has 16 heavy (non-hydrogen) atoms. The van der Waals surface area contributed by atoms with Gasteiger partial charge in [-0.3, -0.25) is 0 Å². The maximum Gasteiger partial charge on any atom is 0.340 e. The Bertz CT molecular complexity index is 349. The molecule has 0 aliphatic heterocycles. The minimum absolute atomic E-state index is 0.0811. The van der Waals surface area contributed by atoms with Gasteiger partial charge < -0.3 is 4.74 Å². The highest BCUT2D eigenvalue weighted by molar-refractivity contribution is 9.10. The molecule has 0 N–H and O–H groups in total. The fraction of sp³-hybridized carbons (Fsp3) is 0.333. The van der Waals surface area contributed by atoms with Gasteiger partial charge in [0, 0.05) is 0 Å². The van der Waals surface area contributed by atoms with Gasteiger partial charge in [0.05, 0.1) is 4.47 Å². The van der Waals surface area contributed by atoms with E-state index in [1.54, 1.807) is 0 Å². The Morgan fingerprint density at radius 3 is 2.44 bits per heavy atom. The molecule has 0 bridgehead atoms. The summed E-state index contributed by atoms with van der Waals surface area (Å²) in [5, 5.41) is 0. The van der Waals surface area contributed by atoms with E-state index in [9.17, 15) is 22.0 Å². The highest BCUT2D eigenvalue weighted by Gasteiger charge is 2.42. The topological polar surface area (TPSA) is 9.23 Å². The van der Waals surface area contributed by atoms with Crippen LogP contribution in [0, 0.1) is 5.82 Å². The molecule has 0 aliphatic rings. The number of halogens is 6. The molecule has 1 aromatic carbocycles. The lowest BCUT2D eigenvalue weighted by molar-refractivity contribution is -0.148. The summed E-state index contributed by atoms with van der Waals surface area (Å²) < 4.78 is 66.0. The molecule has 7 heteroatoms. The maximum atomic E-state index is 13.0. The monoisotopic (exact) mass is 304 g/mol. The average Bonchev–Trinajstić information content (AvgIpc) is 2.16. The normalized spacial score (nSPS) is 11.9. The molecule has 0 heterocycles. The summed E-state index contributed by atoms with van der Waals surface area (Å²) in [6.45, 7) is -1.58. The lowest BCUT2D eigenvalue weighted by Crippen LogP contribution is -2.34. The standard InChI is InChI=1S/C9H6BrF5O/c10-5-2-1-3-6(11)7(5)16-4-9(14,15)8(12)13/h1-3,8H,4H2. The van der Waals surface area contributed by atoms with Crippen molar-refractivity contribution in [3.63, 3.8) is 0 Å². The van der Waals surface area contributed by atoms with E-state index in [1.165, 1.54) is 12.1 Å². The molecular weight excluding hydrogens is 299 g/mol. The molecule has 1 nitrogen and oxygen atoms in total. The first-order valence-corrected chi connectivity index (χ1v) is 4.86. The second-order valence-electron chi connectivity index (χ2n) is 2.90. The van der Waals surface area contributed by atoms with Crippen LogP contribution in [0.25, 0.3) is 0 Å². The average molecular weight is 305 g/mol. The van der Waals surface area contributed by atoms with E-state index in [-0.39, 0.29) is 4.47 Å². The molecule has 1 rings (SSSR count). The third-order valence-electron chi connectivity index (χ3n) is 1.65. The molecule has 90 valence electrons. The summed E-state index contributed by atoms with van der Waals surface area (Å²) in [6, 6.07) is 3.64. The predicted octanol–water partition coefficient (Wildman–Crippen LogP) is 3.87. The van der Waals surface area contributed by atoms with Gasteiger partial charge in [-0.1, -0.05) is 6.07 Å². The minimum Gasteiger partial charge on any atom is -0.483 e. The Morgan fingerprint density at radius 2 is 1.94 bits per heavy atom. The quantitative estimate of drug-likeness (QED) is 0.767. The number of rotatable bonds is 4. The van der Waals surface area contributed by atoms with Gasteiger partial charge in [-0.2, -0.15) is 8.78 Å². The zero-order valence-electron chi connectivity index (χ0n) is 7.69. The molecular formula is C9H6BrF5O. The van der Waals surface area contributed by atoms with Crippen molar-refractivity contribution in [1.82, 2.24) is 0 Å². The van der Waals surface area contributed by atoms with Crippen LogP contribution in [-0.4, -0.2) is 19.0 Å². The van der Waals surface area contributed by atoms with Crippen LogP contribution >= 0.6 is 15.9 Å². The number of benzene rings is 1. The van der Waals surface area contributed by atoms with E-state index < -0.39 is 30.5 Å². The van der Waals surface area contributed by atoms with Gasteiger partial charge in [0.2, 0.25) is 0 Å². The molecule has 0 amide bonds. The van der Waals surface area contributed by atoms with Crippen molar-refractivity contribution in [2.24, 2.45) is 0 Å². The summed E-state index contributed by atoms with van der Waals surface area (Å²) in [5.41, 5.74) is 0. The molecule has 0 radical (unpaired) electrons. The van der Waals surface area contributed by atoms with Crippen LogP contribution in [0.5, 0.6) is 5.75 Å². The molecule has 0 aliphatic carbocycles. The lowest BCUT2D eigenvalue weighted by Gasteiger charge is -2.16. The predicted molar refractivity (Wildman–Crippen MR) is 50.5 cm³/mol. The van der Waals surface area contributed by atoms with Crippen molar-refractivity contribution >= 4 is 15.9 Å². The van der Waals surface area contributed by atoms with Crippen LogP contribution in [-0.2, 0) is 0 Å². The van der Waals surface area contributed by atoms with E-state index in [0.717, 1.165) is 6.07 Å². The molecule has 0 spiro atoms. The third kappa shape index (κ3) is 3.07. The Balaban J connectivity index is 2.75. The Morgan fingerprint density at radius 1 is 1.31 bits per heavy atom.